The zero-order valence-corrected chi connectivity index (χ0v) is 16.2. The Morgan fingerprint density at radius 3 is 1.43 bits per heavy atom. The van der Waals surface area contributed by atoms with E-state index in [0.29, 0.717) is 16.7 Å². The molecule has 4 N–H and O–H groups in total. The van der Waals surface area contributed by atoms with Gasteiger partial charge in [-0.1, -0.05) is 91.0 Å². The number of carboxylic acids is 1. The van der Waals surface area contributed by atoms with Crippen LogP contribution in [0.5, 0.6) is 0 Å². The Labute approximate surface area is 174 Å². The minimum Gasteiger partial charge on any atom is -0.481 e. The summed E-state index contributed by atoms with van der Waals surface area (Å²) < 4.78 is 0. The number of nitrogens with one attached hydrogen (secondary N) is 1. The minimum absolute atomic E-state index is 0.531. The second kappa shape index (κ2) is 9.05. The molecule has 0 unspecified atom stereocenters. The van der Waals surface area contributed by atoms with Crippen molar-refractivity contribution in [3.8, 4) is 0 Å². The first-order chi connectivity index (χ1) is 14.5. The number of benzene rings is 3. The number of carbonyl (C=O) groups excluding carboxylic acids is 2. The van der Waals surface area contributed by atoms with Crippen LogP contribution in [0, 0.1) is 0 Å². The number of amides is 2. The molecule has 0 saturated carbocycles. The molecule has 6 heteroatoms. The van der Waals surface area contributed by atoms with Gasteiger partial charge in [-0.05, 0) is 16.7 Å². The Balaban J connectivity index is 2.24. The van der Waals surface area contributed by atoms with Gasteiger partial charge in [-0.3, -0.25) is 14.4 Å². The van der Waals surface area contributed by atoms with Gasteiger partial charge in [0.2, 0.25) is 11.8 Å². The summed E-state index contributed by atoms with van der Waals surface area (Å²) in [4.78, 5) is 36.9. The van der Waals surface area contributed by atoms with Crippen LogP contribution in [0.1, 0.15) is 23.1 Å². The van der Waals surface area contributed by atoms with E-state index in [0.717, 1.165) is 0 Å². The van der Waals surface area contributed by atoms with Crippen LogP contribution in [0.3, 0.4) is 0 Å². The lowest BCUT2D eigenvalue weighted by atomic mass is 9.68. The maximum atomic E-state index is 13.9. The summed E-state index contributed by atoms with van der Waals surface area (Å²) in [5.41, 5.74) is 6.10. The largest absolute Gasteiger partial charge is 0.481 e. The van der Waals surface area contributed by atoms with Crippen LogP contribution in [0.2, 0.25) is 0 Å². The average molecular weight is 402 g/mol. The Morgan fingerprint density at radius 2 is 1.13 bits per heavy atom. The lowest BCUT2D eigenvalue weighted by molar-refractivity contribution is -0.140. The van der Waals surface area contributed by atoms with Crippen molar-refractivity contribution in [3.63, 3.8) is 0 Å². The van der Waals surface area contributed by atoms with Gasteiger partial charge in [-0.15, -0.1) is 0 Å². The van der Waals surface area contributed by atoms with E-state index in [-0.39, 0.29) is 0 Å². The molecule has 0 fully saturated rings. The van der Waals surface area contributed by atoms with Crippen LogP contribution in [0.4, 0.5) is 0 Å². The first-order valence-electron chi connectivity index (χ1n) is 9.45. The number of hydrogen-bond acceptors (Lipinski definition) is 3. The zero-order valence-electron chi connectivity index (χ0n) is 16.2. The van der Waals surface area contributed by atoms with Crippen molar-refractivity contribution < 1.29 is 19.5 Å². The van der Waals surface area contributed by atoms with Gasteiger partial charge in [-0.2, -0.15) is 0 Å². The molecule has 2 amide bonds. The molecule has 0 spiro atoms. The molecule has 152 valence electrons. The first-order valence-corrected chi connectivity index (χ1v) is 9.45. The van der Waals surface area contributed by atoms with Crippen molar-refractivity contribution in [1.82, 2.24) is 5.32 Å². The van der Waals surface area contributed by atoms with Crippen molar-refractivity contribution in [1.29, 1.82) is 0 Å². The summed E-state index contributed by atoms with van der Waals surface area (Å²) in [6, 6.07) is 26.1. The predicted molar refractivity (Wildman–Crippen MR) is 113 cm³/mol. The lowest BCUT2D eigenvalue weighted by Gasteiger charge is -2.35. The van der Waals surface area contributed by atoms with Gasteiger partial charge >= 0.3 is 5.97 Å². The van der Waals surface area contributed by atoms with Crippen LogP contribution in [-0.2, 0) is 19.8 Å². The van der Waals surface area contributed by atoms with Crippen LogP contribution in [0.25, 0.3) is 0 Å². The maximum Gasteiger partial charge on any atom is 0.305 e. The lowest BCUT2D eigenvalue weighted by Crippen LogP contribution is -2.53. The standard InChI is InChI=1S/C24H22N2O4/c25-22(29)20(16-21(27)28)26-23(30)24(17-10-4-1-5-11-17,18-12-6-2-7-13-18)19-14-8-3-9-15-19/h1-15,20H,16H2,(H2,25,29)(H,26,30)(H,27,28)/t20-/m1/s1. The number of nitrogens with two attached hydrogens (primary N) is 1. The Bertz CT molecular complexity index is 924. The molecule has 1 atom stereocenters. The maximum absolute atomic E-state index is 13.9. The van der Waals surface area contributed by atoms with Crippen LogP contribution < -0.4 is 11.1 Å². The fourth-order valence-corrected chi connectivity index (χ4v) is 3.62. The molecule has 3 aromatic carbocycles. The van der Waals surface area contributed by atoms with E-state index in [1.807, 2.05) is 91.0 Å². The highest BCUT2D eigenvalue weighted by Gasteiger charge is 2.44. The third-order valence-electron chi connectivity index (χ3n) is 4.99. The van der Waals surface area contributed by atoms with E-state index in [2.05, 4.69) is 5.32 Å². The van der Waals surface area contributed by atoms with Crippen molar-refractivity contribution in [2.24, 2.45) is 5.73 Å². The smallest absolute Gasteiger partial charge is 0.305 e. The van der Waals surface area contributed by atoms with Gasteiger partial charge in [0.05, 0.1) is 6.42 Å². The number of aliphatic carboxylic acids is 1. The number of carbonyl (C=O) groups is 3. The number of carboxylic acid groups (broad SMARTS) is 1. The van der Waals surface area contributed by atoms with Gasteiger partial charge < -0.3 is 16.2 Å². The summed E-state index contributed by atoms with van der Waals surface area (Å²) in [6.45, 7) is 0. The molecule has 0 heterocycles. The minimum atomic E-state index is -1.34. The fraction of sp³-hybridized carbons (Fsp3) is 0.125. The van der Waals surface area contributed by atoms with Gasteiger partial charge in [0, 0.05) is 0 Å². The second-order valence-corrected chi connectivity index (χ2v) is 6.87. The molecule has 0 radical (unpaired) electrons. The number of hydrogen-bond donors (Lipinski definition) is 3. The highest BCUT2D eigenvalue weighted by molar-refractivity contribution is 5.99. The van der Waals surface area contributed by atoms with E-state index in [1.54, 1.807) is 0 Å². The number of primary amides is 1. The Morgan fingerprint density at radius 1 is 0.767 bits per heavy atom. The summed E-state index contributed by atoms with van der Waals surface area (Å²) >= 11 is 0. The molecule has 0 aliphatic rings. The highest BCUT2D eigenvalue weighted by atomic mass is 16.4. The van der Waals surface area contributed by atoms with Gasteiger partial charge in [0.15, 0.2) is 0 Å². The Hall–Kier alpha value is -3.93. The quantitative estimate of drug-likeness (QED) is 0.503. The predicted octanol–water partition coefficient (Wildman–Crippen LogP) is 2.47. The average Bonchev–Trinajstić information content (AvgIpc) is 2.76. The molecule has 0 aliphatic heterocycles. The normalized spacial score (nSPS) is 12.0. The van der Waals surface area contributed by atoms with E-state index >= 15 is 0 Å². The van der Waals surface area contributed by atoms with Crippen LogP contribution in [-0.4, -0.2) is 28.9 Å². The monoisotopic (exact) mass is 402 g/mol. The third kappa shape index (κ3) is 4.07. The first kappa shape index (κ1) is 20.8. The summed E-state index contributed by atoms with van der Waals surface area (Å²) in [5, 5.41) is 11.7. The Kier molecular flexibility index (Phi) is 6.27. The molecular formula is C24H22N2O4. The number of rotatable bonds is 8. The van der Waals surface area contributed by atoms with E-state index in [9.17, 15) is 14.4 Å². The molecule has 3 rings (SSSR count). The van der Waals surface area contributed by atoms with Gasteiger partial charge in [-0.25, -0.2) is 0 Å². The third-order valence-corrected chi connectivity index (χ3v) is 4.99. The van der Waals surface area contributed by atoms with E-state index in [4.69, 9.17) is 10.8 Å². The topological polar surface area (TPSA) is 109 Å². The van der Waals surface area contributed by atoms with Crippen LogP contribution >= 0.6 is 0 Å². The van der Waals surface area contributed by atoms with Crippen molar-refractivity contribution in [2.45, 2.75) is 17.9 Å². The molecule has 0 saturated heterocycles. The highest BCUT2D eigenvalue weighted by Crippen LogP contribution is 2.39. The zero-order chi connectivity index (χ0) is 21.6. The van der Waals surface area contributed by atoms with E-state index < -0.39 is 35.7 Å². The molecular weight excluding hydrogens is 380 g/mol. The van der Waals surface area contributed by atoms with Crippen LogP contribution in [0.15, 0.2) is 91.0 Å². The molecule has 30 heavy (non-hydrogen) atoms. The second-order valence-electron chi connectivity index (χ2n) is 6.87. The molecule has 6 nitrogen and oxygen atoms in total. The van der Waals surface area contributed by atoms with E-state index in [1.165, 1.54) is 0 Å². The summed E-state index contributed by atoms with van der Waals surface area (Å²) in [7, 11) is 0. The van der Waals surface area contributed by atoms with Crippen molar-refractivity contribution in [3.05, 3.63) is 108 Å². The van der Waals surface area contributed by atoms with Crippen molar-refractivity contribution >= 4 is 17.8 Å². The van der Waals surface area contributed by atoms with Crippen molar-refractivity contribution in [2.75, 3.05) is 0 Å². The molecule has 0 bridgehead atoms. The summed E-state index contributed by atoms with van der Waals surface area (Å²) in [5.74, 6) is -2.67. The van der Waals surface area contributed by atoms with Gasteiger partial charge in [0.1, 0.15) is 11.5 Å². The fourth-order valence-electron chi connectivity index (χ4n) is 3.62. The SMILES string of the molecule is NC(=O)[C@@H](CC(=O)O)NC(=O)C(c1ccccc1)(c1ccccc1)c1ccccc1. The molecule has 0 aromatic heterocycles. The molecule has 0 aliphatic carbocycles. The summed E-state index contributed by atoms with van der Waals surface area (Å²) in [6.07, 6.45) is -0.602. The van der Waals surface area contributed by atoms with Gasteiger partial charge in [0.25, 0.3) is 0 Å². The molecule has 3 aromatic rings.